The van der Waals surface area contributed by atoms with Crippen molar-refractivity contribution >= 4 is 0 Å². The second-order valence-electron chi connectivity index (χ2n) is 4.58. The minimum Gasteiger partial charge on any atom is -0.392 e. The molecule has 0 heterocycles. The molecule has 0 bridgehead atoms. The van der Waals surface area contributed by atoms with Crippen LogP contribution < -0.4 is 5.73 Å². The third-order valence-corrected chi connectivity index (χ3v) is 3.17. The molecule has 0 aliphatic heterocycles. The molecule has 1 aliphatic carbocycles. The third-order valence-electron chi connectivity index (χ3n) is 3.17. The van der Waals surface area contributed by atoms with Crippen LogP contribution in [0.4, 0.5) is 0 Å². The smallest absolute Gasteiger partial charge is 0.0679 e. The monoisotopic (exact) mass is 200 g/mol. The lowest BCUT2D eigenvalue weighted by Crippen LogP contribution is -2.32. The quantitative estimate of drug-likeness (QED) is 0.639. The first-order valence-electron chi connectivity index (χ1n) is 5.79. The summed E-state index contributed by atoms with van der Waals surface area (Å²) in [5.74, 6) is 0.962. The van der Waals surface area contributed by atoms with Crippen molar-refractivity contribution in [2.24, 2.45) is 11.7 Å². The molecule has 0 radical (unpaired) electrons. The second-order valence-corrected chi connectivity index (χ2v) is 4.58. The van der Waals surface area contributed by atoms with Gasteiger partial charge in [-0.2, -0.15) is 0 Å². The molecular formula is C11H24N2O. The van der Waals surface area contributed by atoms with Crippen molar-refractivity contribution in [3.8, 4) is 0 Å². The molecule has 0 saturated heterocycles. The van der Waals surface area contributed by atoms with E-state index in [1.165, 1.54) is 25.7 Å². The number of aliphatic hydroxyl groups excluding tert-OH is 1. The summed E-state index contributed by atoms with van der Waals surface area (Å²) in [6.07, 6.45) is 6.02. The maximum Gasteiger partial charge on any atom is 0.0679 e. The van der Waals surface area contributed by atoms with E-state index in [0.29, 0.717) is 13.0 Å². The third kappa shape index (κ3) is 4.40. The fraction of sp³-hybridized carbons (Fsp3) is 1.00. The number of nitrogens with zero attached hydrogens (tertiary/aromatic N) is 1. The summed E-state index contributed by atoms with van der Waals surface area (Å²) >= 11 is 0. The largest absolute Gasteiger partial charge is 0.392 e. The Morgan fingerprint density at radius 3 is 2.71 bits per heavy atom. The predicted molar refractivity (Wildman–Crippen MR) is 59.1 cm³/mol. The first-order valence-corrected chi connectivity index (χ1v) is 5.79. The van der Waals surface area contributed by atoms with Crippen molar-refractivity contribution in [1.29, 1.82) is 0 Å². The highest BCUT2D eigenvalue weighted by atomic mass is 16.3. The van der Waals surface area contributed by atoms with E-state index in [1.807, 2.05) is 0 Å². The molecule has 1 atom stereocenters. The number of rotatable bonds is 7. The molecule has 1 saturated carbocycles. The molecule has 0 aromatic rings. The van der Waals surface area contributed by atoms with Gasteiger partial charge in [-0.15, -0.1) is 0 Å². The molecule has 84 valence electrons. The standard InChI is InChI=1S/C11H24N2O/c1-13(9-11(14)5-7-12)8-6-10-3-2-4-10/h10-11,14H,2-9,12H2,1H3. The van der Waals surface area contributed by atoms with Crippen molar-refractivity contribution in [3.63, 3.8) is 0 Å². The van der Waals surface area contributed by atoms with Gasteiger partial charge >= 0.3 is 0 Å². The molecular weight excluding hydrogens is 176 g/mol. The molecule has 14 heavy (non-hydrogen) atoms. The summed E-state index contributed by atoms with van der Waals surface area (Å²) in [5, 5.41) is 9.53. The lowest BCUT2D eigenvalue weighted by atomic mass is 9.83. The average molecular weight is 200 g/mol. The normalized spacial score (nSPS) is 19.7. The Morgan fingerprint density at radius 1 is 1.50 bits per heavy atom. The van der Waals surface area contributed by atoms with Gasteiger partial charge in [-0.05, 0) is 38.9 Å². The molecule has 0 amide bonds. The number of aliphatic hydroxyl groups is 1. The van der Waals surface area contributed by atoms with Crippen LogP contribution in [0.3, 0.4) is 0 Å². The average Bonchev–Trinajstić information content (AvgIpc) is 2.01. The summed E-state index contributed by atoms with van der Waals surface area (Å²) in [5.41, 5.74) is 5.38. The Morgan fingerprint density at radius 2 is 2.21 bits per heavy atom. The summed E-state index contributed by atoms with van der Waals surface area (Å²) in [6.45, 7) is 2.47. The van der Waals surface area contributed by atoms with Crippen molar-refractivity contribution in [1.82, 2.24) is 4.90 Å². The van der Waals surface area contributed by atoms with Crippen molar-refractivity contribution in [2.75, 3.05) is 26.7 Å². The van der Waals surface area contributed by atoms with Crippen molar-refractivity contribution in [3.05, 3.63) is 0 Å². The Hall–Kier alpha value is -0.120. The molecule has 0 spiro atoms. The molecule has 1 rings (SSSR count). The lowest BCUT2D eigenvalue weighted by molar-refractivity contribution is 0.113. The highest BCUT2D eigenvalue weighted by Gasteiger charge is 2.17. The molecule has 3 nitrogen and oxygen atoms in total. The topological polar surface area (TPSA) is 49.5 Å². The molecule has 0 aromatic carbocycles. The van der Waals surface area contributed by atoms with Gasteiger partial charge in [-0.3, -0.25) is 0 Å². The zero-order valence-electron chi connectivity index (χ0n) is 9.28. The Balaban J connectivity index is 1.99. The van der Waals surface area contributed by atoms with Gasteiger partial charge in [0.2, 0.25) is 0 Å². The summed E-state index contributed by atoms with van der Waals surface area (Å²) in [4.78, 5) is 2.22. The van der Waals surface area contributed by atoms with Gasteiger partial charge in [-0.1, -0.05) is 19.3 Å². The van der Waals surface area contributed by atoms with Gasteiger partial charge in [0.15, 0.2) is 0 Å². The van der Waals surface area contributed by atoms with Crippen LogP contribution in [0.5, 0.6) is 0 Å². The van der Waals surface area contributed by atoms with E-state index < -0.39 is 0 Å². The van der Waals surface area contributed by atoms with Gasteiger partial charge in [0.05, 0.1) is 6.10 Å². The molecule has 0 aromatic heterocycles. The van der Waals surface area contributed by atoms with Gasteiger partial charge in [0, 0.05) is 6.54 Å². The van der Waals surface area contributed by atoms with E-state index in [-0.39, 0.29) is 6.10 Å². The minimum atomic E-state index is -0.244. The second kappa shape index (κ2) is 6.38. The summed E-state index contributed by atoms with van der Waals surface area (Å²) in [6, 6.07) is 0. The van der Waals surface area contributed by atoms with Crippen LogP contribution in [-0.4, -0.2) is 42.8 Å². The van der Waals surface area contributed by atoms with E-state index in [2.05, 4.69) is 11.9 Å². The van der Waals surface area contributed by atoms with Crippen LogP contribution in [0.25, 0.3) is 0 Å². The zero-order chi connectivity index (χ0) is 10.4. The first-order chi connectivity index (χ1) is 6.72. The fourth-order valence-electron chi connectivity index (χ4n) is 1.92. The Labute approximate surface area is 87.3 Å². The number of nitrogens with two attached hydrogens (primary N) is 1. The van der Waals surface area contributed by atoms with Gasteiger partial charge in [-0.25, -0.2) is 0 Å². The number of hydrogen-bond acceptors (Lipinski definition) is 3. The number of likely N-dealkylation sites (N-methyl/N-ethyl adjacent to an activating group) is 1. The highest BCUT2D eigenvalue weighted by Crippen LogP contribution is 2.29. The zero-order valence-corrected chi connectivity index (χ0v) is 9.28. The molecule has 1 aliphatic rings. The van der Waals surface area contributed by atoms with Crippen molar-refractivity contribution < 1.29 is 5.11 Å². The Kier molecular flexibility index (Phi) is 5.45. The first kappa shape index (κ1) is 12.0. The Bertz CT molecular complexity index is 148. The molecule has 3 heteroatoms. The molecule has 1 unspecified atom stereocenters. The van der Waals surface area contributed by atoms with Crippen LogP contribution >= 0.6 is 0 Å². The predicted octanol–water partition coefficient (Wildman–Crippen LogP) is 0.818. The van der Waals surface area contributed by atoms with E-state index >= 15 is 0 Å². The van der Waals surface area contributed by atoms with E-state index in [1.54, 1.807) is 0 Å². The van der Waals surface area contributed by atoms with Crippen LogP contribution in [-0.2, 0) is 0 Å². The number of hydrogen-bond donors (Lipinski definition) is 2. The van der Waals surface area contributed by atoms with E-state index in [4.69, 9.17) is 5.73 Å². The van der Waals surface area contributed by atoms with Crippen molar-refractivity contribution in [2.45, 2.75) is 38.2 Å². The van der Waals surface area contributed by atoms with Gasteiger partial charge in [0.1, 0.15) is 0 Å². The maximum absolute atomic E-state index is 9.53. The van der Waals surface area contributed by atoms with E-state index in [9.17, 15) is 5.11 Å². The van der Waals surface area contributed by atoms with E-state index in [0.717, 1.165) is 19.0 Å². The summed E-state index contributed by atoms with van der Waals surface area (Å²) < 4.78 is 0. The SMILES string of the molecule is CN(CCC1CCC1)CC(O)CCN. The van der Waals surface area contributed by atoms with Gasteiger partial charge in [0.25, 0.3) is 0 Å². The van der Waals surface area contributed by atoms with Gasteiger partial charge < -0.3 is 15.7 Å². The molecule has 3 N–H and O–H groups in total. The lowest BCUT2D eigenvalue weighted by Gasteiger charge is -2.28. The van der Waals surface area contributed by atoms with Crippen LogP contribution in [0.15, 0.2) is 0 Å². The summed E-state index contributed by atoms with van der Waals surface area (Å²) in [7, 11) is 2.08. The molecule has 1 fully saturated rings. The van der Waals surface area contributed by atoms with Crippen LogP contribution in [0.1, 0.15) is 32.1 Å². The fourth-order valence-corrected chi connectivity index (χ4v) is 1.92. The highest BCUT2D eigenvalue weighted by molar-refractivity contribution is 4.71. The van der Waals surface area contributed by atoms with Crippen LogP contribution in [0.2, 0.25) is 0 Å². The minimum absolute atomic E-state index is 0.244. The van der Waals surface area contributed by atoms with Crippen LogP contribution in [0, 0.1) is 5.92 Å². The maximum atomic E-state index is 9.53.